The lowest BCUT2D eigenvalue weighted by Crippen LogP contribution is -2.16. The summed E-state index contributed by atoms with van der Waals surface area (Å²) < 4.78 is 33.0. The highest BCUT2D eigenvalue weighted by atomic mass is 32.2. The Morgan fingerprint density at radius 1 is 1.00 bits per heavy atom. The zero-order chi connectivity index (χ0) is 19.3. The Balaban J connectivity index is 2.17. The van der Waals surface area contributed by atoms with Gasteiger partial charge in [0.2, 0.25) is 15.9 Å². The normalized spacial score (nSPS) is 11.1. The van der Waals surface area contributed by atoms with E-state index in [1.165, 1.54) is 0 Å². The predicted octanol–water partition coefficient (Wildman–Crippen LogP) is 5.03. The van der Waals surface area contributed by atoms with Gasteiger partial charge in [0.1, 0.15) is 17.4 Å². The molecule has 0 spiro atoms. The Hall–Kier alpha value is -3.04. The van der Waals surface area contributed by atoms with Crippen LogP contribution in [0.1, 0.15) is 25.3 Å². The summed E-state index contributed by atoms with van der Waals surface area (Å²) in [5.74, 6) is 0.411. The van der Waals surface area contributed by atoms with Crippen LogP contribution >= 0.6 is 0 Å². The Kier molecular flexibility index (Phi) is 5.63. The van der Waals surface area contributed by atoms with Crippen LogP contribution < -0.4 is 4.72 Å². The molecule has 5 nitrogen and oxygen atoms in total. The highest BCUT2D eigenvalue weighted by Gasteiger charge is 2.25. The van der Waals surface area contributed by atoms with Crippen LogP contribution in [-0.2, 0) is 10.0 Å². The Labute approximate surface area is 159 Å². The molecule has 0 aliphatic carbocycles. The lowest BCUT2D eigenvalue weighted by atomic mass is 9.98. The number of anilines is 1. The molecule has 138 valence electrons. The standard InChI is InChI=1S/C21H20N2O3S/c1-2-3-14-27(24,25)23-21-18(15-22)19(16-10-6-4-7-11-16)20(26-21)17-12-8-5-9-13-17/h4-13,23H,2-3,14H2,1H3. The molecule has 0 fully saturated rings. The van der Waals surface area contributed by atoms with Gasteiger partial charge in [0.05, 0.1) is 5.75 Å². The van der Waals surface area contributed by atoms with Crippen molar-refractivity contribution in [3.63, 3.8) is 0 Å². The smallest absolute Gasteiger partial charge is 0.235 e. The molecule has 6 heteroatoms. The topological polar surface area (TPSA) is 83.1 Å². The molecule has 0 atom stereocenters. The van der Waals surface area contributed by atoms with Crippen LogP contribution in [0.25, 0.3) is 22.5 Å². The van der Waals surface area contributed by atoms with E-state index in [0.717, 1.165) is 17.5 Å². The van der Waals surface area contributed by atoms with Crippen molar-refractivity contribution in [2.75, 3.05) is 10.5 Å². The van der Waals surface area contributed by atoms with Crippen molar-refractivity contribution in [1.29, 1.82) is 5.26 Å². The first-order valence-corrected chi connectivity index (χ1v) is 10.4. The number of furan rings is 1. The first kappa shape index (κ1) is 18.7. The fourth-order valence-electron chi connectivity index (χ4n) is 2.81. The quantitative estimate of drug-likeness (QED) is 0.623. The lowest BCUT2D eigenvalue weighted by molar-refractivity contribution is 0.582. The summed E-state index contributed by atoms with van der Waals surface area (Å²) in [6.45, 7) is 1.92. The second-order valence-corrected chi connectivity index (χ2v) is 7.97. The van der Waals surface area contributed by atoms with Gasteiger partial charge in [-0.15, -0.1) is 0 Å². The van der Waals surface area contributed by atoms with Crippen molar-refractivity contribution in [3.8, 4) is 28.5 Å². The van der Waals surface area contributed by atoms with Gasteiger partial charge < -0.3 is 4.42 Å². The molecule has 1 heterocycles. The second-order valence-electron chi connectivity index (χ2n) is 6.13. The summed E-state index contributed by atoms with van der Waals surface area (Å²) in [6.07, 6.45) is 1.30. The third-order valence-electron chi connectivity index (χ3n) is 4.13. The van der Waals surface area contributed by atoms with E-state index < -0.39 is 10.0 Å². The summed E-state index contributed by atoms with van der Waals surface area (Å²) in [6, 6.07) is 20.8. The predicted molar refractivity (Wildman–Crippen MR) is 107 cm³/mol. The largest absolute Gasteiger partial charge is 0.438 e. The molecule has 0 aliphatic rings. The molecule has 0 saturated heterocycles. The van der Waals surface area contributed by atoms with Crippen molar-refractivity contribution < 1.29 is 12.8 Å². The van der Waals surface area contributed by atoms with Gasteiger partial charge in [0.15, 0.2) is 0 Å². The number of sulfonamides is 1. The van der Waals surface area contributed by atoms with Gasteiger partial charge in [-0.25, -0.2) is 8.42 Å². The molecule has 0 amide bonds. The SMILES string of the molecule is CCCCS(=O)(=O)Nc1oc(-c2ccccc2)c(-c2ccccc2)c1C#N. The maximum atomic E-state index is 12.3. The number of hydrogen-bond acceptors (Lipinski definition) is 4. The summed E-state index contributed by atoms with van der Waals surface area (Å²) in [7, 11) is -3.59. The van der Waals surface area contributed by atoms with Gasteiger partial charge in [-0.1, -0.05) is 74.0 Å². The van der Waals surface area contributed by atoms with Crippen molar-refractivity contribution in [3.05, 3.63) is 66.2 Å². The van der Waals surface area contributed by atoms with E-state index in [9.17, 15) is 13.7 Å². The van der Waals surface area contributed by atoms with Crippen molar-refractivity contribution in [2.45, 2.75) is 19.8 Å². The van der Waals surface area contributed by atoms with Gasteiger partial charge in [-0.3, -0.25) is 4.72 Å². The number of nitrogens with zero attached hydrogens (tertiary/aromatic N) is 1. The molecule has 0 bridgehead atoms. The van der Waals surface area contributed by atoms with Gasteiger partial charge in [-0.05, 0) is 12.0 Å². The van der Waals surface area contributed by atoms with Crippen LogP contribution in [0.2, 0.25) is 0 Å². The highest BCUT2D eigenvalue weighted by molar-refractivity contribution is 7.92. The summed E-state index contributed by atoms with van der Waals surface area (Å²) in [5.41, 5.74) is 2.32. The number of nitrogens with one attached hydrogen (secondary N) is 1. The average Bonchev–Trinajstić information content (AvgIpc) is 3.05. The molecular formula is C21H20N2O3S. The van der Waals surface area contributed by atoms with Crippen molar-refractivity contribution in [2.24, 2.45) is 0 Å². The van der Waals surface area contributed by atoms with Gasteiger partial charge in [-0.2, -0.15) is 5.26 Å². The molecule has 0 aliphatic heterocycles. The van der Waals surface area contributed by atoms with Crippen molar-refractivity contribution >= 4 is 15.9 Å². The van der Waals surface area contributed by atoms with E-state index >= 15 is 0 Å². The maximum absolute atomic E-state index is 12.3. The monoisotopic (exact) mass is 380 g/mol. The minimum Gasteiger partial charge on any atom is -0.438 e. The summed E-state index contributed by atoms with van der Waals surface area (Å²) in [4.78, 5) is 0. The fourth-order valence-corrected chi connectivity index (χ4v) is 4.01. The van der Waals surface area contributed by atoms with E-state index in [0.29, 0.717) is 17.7 Å². The maximum Gasteiger partial charge on any atom is 0.235 e. The van der Waals surface area contributed by atoms with Gasteiger partial charge in [0.25, 0.3) is 0 Å². The molecule has 3 rings (SSSR count). The molecule has 1 N–H and O–H groups in total. The Morgan fingerprint density at radius 2 is 1.59 bits per heavy atom. The van der Waals surface area contributed by atoms with Crippen LogP contribution in [0.3, 0.4) is 0 Å². The van der Waals surface area contributed by atoms with E-state index in [1.54, 1.807) is 0 Å². The second kappa shape index (κ2) is 8.11. The fraction of sp³-hybridized carbons (Fsp3) is 0.190. The van der Waals surface area contributed by atoms with Gasteiger partial charge in [0, 0.05) is 11.1 Å². The molecule has 1 aromatic heterocycles. The van der Waals surface area contributed by atoms with E-state index in [2.05, 4.69) is 10.8 Å². The van der Waals surface area contributed by atoms with Gasteiger partial charge >= 0.3 is 0 Å². The minimum absolute atomic E-state index is 0.0175. The molecule has 27 heavy (non-hydrogen) atoms. The highest BCUT2D eigenvalue weighted by Crippen LogP contribution is 2.41. The summed E-state index contributed by atoms with van der Waals surface area (Å²) in [5, 5.41) is 9.75. The molecule has 3 aromatic rings. The number of benzene rings is 2. The zero-order valence-corrected chi connectivity index (χ0v) is 15.8. The minimum atomic E-state index is -3.59. The van der Waals surface area contributed by atoms with Crippen LogP contribution in [0.4, 0.5) is 5.88 Å². The molecule has 2 aromatic carbocycles. The van der Waals surface area contributed by atoms with Crippen LogP contribution in [0, 0.1) is 11.3 Å². The molecular weight excluding hydrogens is 360 g/mol. The van der Waals surface area contributed by atoms with E-state index in [4.69, 9.17) is 4.42 Å². The van der Waals surface area contributed by atoms with Crippen LogP contribution in [0.15, 0.2) is 65.1 Å². The third kappa shape index (κ3) is 4.21. The first-order chi connectivity index (χ1) is 13.1. The van der Waals surface area contributed by atoms with Crippen molar-refractivity contribution in [1.82, 2.24) is 0 Å². The number of nitriles is 1. The molecule has 0 saturated carbocycles. The zero-order valence-electron chi connectivity index (χ0n) is 15.0. The number of hydrogen-bond donors (Lipinski definition) is 1. The molecule has 0 radical (unpaired) electrons. The number of rotatable bonds is 7. The third-order valence-corrected chi connectivity index (χ3v) is 5.46. The Bertz CT molecular complexity index is 1050. The van der Waals surface area contributed by atoms with Crippen LogP contribution in [-0.4, -0.2) is 14.2 Å². The van der Waals surface area contributed by atoms with Crippen LogP contribution in [0.5, 0.6) is 0 Å². The van der Waals surface area contributed by atoms with E-state index in [-0.39, 0.29) is 17.2 Å². The Morgan fingerprint density at radius 3 is 2.15 bits per heavy atom. The lowest BCUT2D eigenvalue weighted by Gasteiger charge is -2.04. The first-order valence-electron chi connectivity index (χ1n) is 8.74. The van der Waals surface area contributed by atoms with E-state index in [1.807, 2.05) is 67.6 Å². The summed E-state index contributed by atoms with van der Waals surface area (Å²) >= 11 is 0. The average molecular weight is 380 g/mol. The molecule has 0 unspecified atom stereocenters. The number of unbranched alkanes of at least 4 members (excludes halogenated alkanes) is 1.